The number of piperidine rings is 1. The van der Waals surface area contributed by atoms with Gasteiger partial charge in [0.15, 0.2) is 0 Å². The molecule has 0 spiro atoms. The van der Waals surface area contributed by atoms with Crippen LogP contribution >= 0.6 is 15.9 Å². The molecule has 0 aliphatic carbocycles. The van der Waals surface area contributed by atoms with Crippen molar-refractivity contribution in [2.75, 3.05) is 24.5 Å². The molecule has 1 atom stereocenters. The smallest absolute Gasteiger partial charge is 0.0367 e. The van der Waals surface area contributed by atoms with E-state index < -0.39 is 0 Å². The highest BCUT2D eigenvalue weighted by atomic mass is 79.9. The first kappa shape index (κ1) is 12.9. The van der Waals surface area contributed by atoms with Crippen molar-refractivity contribution in [1.29, 1.82) is 0 Å². The molecule has 0 aromatic heterocycles. The van der Waals surface area contributed by atoms with Crippen LogP contribution in [0, 0.1) is 11.3 Å². The third-order valence-electron chi connectivity index (χ3n) is 4.05. The van der Waals surface area contributed by atoms with Gasteiger partial charge in [-0.2, -0.15) is 0 Å². The van der Waals surface area contributed by atoms with Gasteiger partial charge in [0.2, 0.25) is 0 Å². The highest BCUT2D eigenvalue weighted by molar-refractivity contribution is 9.10. The summed E-state index contributed by atoms with van der Waals surface area (Å²) in [7, 11) is 0. The second kappa shape index (κ2) is 4.99. The zero-order chi connectivity index (χ0) is 12.5. The predicted octanol–water partition coefficient (Wildman–Crippen LogP) is 3.26. The van der Waals surface area contributed by atoms with Gasteiger partial charge >= 0.3 is 0 Å². The Balaban J connectivity index is 2.12. The molecule has 3 heteroatoms. The summed E-state index contributed by atoms with van der Waals surface area (Å²) < 4.78 is 1.13. The van der Waals surface area contributed by atoms with E-state index in [2.05, 4.69) is 58.9 Å². The van der Waals surface area contributed by atoms with E-state index in [4.69, 9.17) is 5.73 Å². The van der Waals surface area contributed by atoms with Crippen LogP contribution in [0.4, 0.5) is 5.69 Å². The molecule has 2 nitrogen and oxygen atoms in total. The molecule has 1 saturated heterocycles. The van der Waals surface area contributed by atoms with Crippen molar-refractivity contribution in [1.82, 2.24) is 0 Å². The largest absolute Gasteiger partial charge is 0.371 e. The minimum atomic E-state index is 0.376. The lowest BCUT2D eigenvalue weighted by Crippen LogP contribution is -2.47. The molecular weight excluding hydrogens is 276 g/mol. The second-order valence-electron chi connectivity index (χ2n) is 5.59. The topological polar surface area (TPSA) is 29.3 Å². The fourth-order valence-corrected chi connectivity index (χ4v) is 2.78. The summed E-state index contributed by atoms with van der Waals surface area (Å²) in [5.41, 5.74) is 7.59. The van der Waals surface area contributed by atoms with E-state index in [1.165, 1.54) is 12.1 Å². The Morgan fingerprint density at radius 2 is 2.00 bits per heavy atom. The normalized spacial score (nSPS) is 23.8. The standard InChI is InChI=1S/C14H21BrN2/c1-14(2)7-8-17(10-11(14)9-16)13-5-3-12(15)4-6-13/h3-6,11H,7-10,16H2,1-2H3. The first-order valence-electron chi connectivity index (χ1n) is 6.23. The zero-order valence-electron chi connectivity index (χ0n) is 10.6. The SMILES string of the molecule is CC1(C)CCN(c2ccc(Br)cc2)CC1CN. The van der Waals surface area contributed by atoms with Crippen LogP contribution < -0.4 is 10.6 Å². The molecular formula is C14H21BrN2. The Bertz CT molecular complexity index is 372. The van der Waals surface area contributed by atoms with Crippen LogP contribution in [0.25, 0.3) is 0 Å². The zero-order valence-corrected chi connectivity index (χ0v) is 12.2. The molecule has 1 fully saturated rings. The molecule has 1 heterocycles. The van der Waals surface area contributed by atoms with Crippen molar-refractivity contribution in [2.24, 2.45) is 17.1 Å². The van der Waals surface area contributed by atoms with Gasteiger partial charge in [0.1, 0.15) is 0 Å². The Labute approximate surface area is 112 Å². The van der Waals surface area contributed by atoms with Crippen LogP contribution in [0.15, 0.2) is 28.7 Å². The number of benzene rings is 1. The molecule has 94 valence electrons. The van der Waals surface area contributed by atoms with E-state index in [1.807, 2.05) is 0 Å². The fraction of sp³-hybridized carbons (Fsp3) is 0.571. The van der Waals surface area contributed by atoms with Crippen molar-refractivity contribution in [3.8, 4) is 0 Å². The summed E-state index contributed by atoms with van der Waals surface area (Å²) in [6, 6.07) is 8.56. The molecule has 0 bridgehead atoms. The first-order chi connectivity index (χ1) is 8.03. The number of rotatable bonds is 2. The quantitative estimate of drug-likeness (QED) is 0.908. The van der Waals surface area contributed by atoms with E-state index >= 15 is 0 Å². The maximum Gasteiger partial charge on any atom is 0.0367 e. The molecule has 17 heavy (non-hydrogen) atoms. The summed E-state index contributed by atoms with van der Waals surface area (Å²) in [5.74, 6) is 0.583. The Hall–Kier alpha value is -0.540. The number of halogens is 1. The highest BCUT2D eigenvalue weighted by Crippen LogP contribution is 2.36. The van der Waals surface area contributed by atoms with Crippen LogP contribution in [-0.2, 0) is 0 Å². The number of hydrogen-bond acceptors (Lipinski definition) is 2. The molecule has 1 aliphatic rings. The lowest BCUT2D eigenvalue weighted by Gasteiger charge is -2.44. The van der Waals surface area contributed by atoms with Crippen LogP contribution in [0.3, 0.4) is 0 Å². The average molecular weight is 297 g/mol. The van der Waals surface area contributed by atoms with E-state index in [-0.39, 0.29) is 0 Å². The van der Waals surface area contributed by atoms with Crippen LogP contribution in [0.5, 0.6) is 0 Å². The van der Waals surface area contributed by atoms with Crippen molar-refractivity contribution < 1.29 is 0 Å². The summed E-state index contributed by atoms with van der Waals surface area (Å²) in [4.78, 5) is 2.45. The molecule has 2 N–H and O–H groups in total. The molecule has 1 aliphatic heterocycles. The van der Waals surface area contributed by atoms with E-state index in [1.54, 1.807) is 0 Å². The van der Waals surface area contributed by atoms with Crippen molar-refractivity contribution >= 4 is 21.6 Å². The van der Waals surface area contributed by atoms with Gasteiger partial charge in [0.05, 0.1) is 0 Å². The monoisotopic (exact) mass is 296 g/mol. The van der Waals surface area contributed by atoms with Gasteiger partial charge in [-0.3, -0.25) is 0 Å². The van der Waals surface area contributed by atoms with Crippen molar-refractivity contribution in [3.05, 3.63) is 28.7 Å². The van der Waals surface area contributed by atoms with Gasteiger partial charge in [-0.15, -0.1) is 0 Å². The molecule has 2 rings (SSSR count). The first-order valence-corrected chi connectivity index (χ1v) is 7.03. The van der Waals surface area contributed by atoms with Gasteiger partial charge in [0, 0.05) is 23.2 Å². The summed E-state index contributed by atoms with van der Waals surface area (Å²) in [6.07, 6.45) is 1.21. The summed E-state index contributed by atoms with van der Waals surface area (Å²) >= 11 is 3.47. The fourth-order valence-electron chi connectivity index (χ4n) is 2.51. The van der Waals surface area contributed by atoms with Crippen molar-refractivity contribution in [2.45, 2.75) is 20.3 Å². The number of nitrogens with zero attached hydrogens (tertiary/aromatic N) is 1. The average Bonchev–Trinajstić information content (AvgIpc) is 2.30. The van der Waals surface area contributed by atoms with E-state index in [9.17, 15) is 0 Å². The van der Waals surface area contributed by atoms with Gasteiger partial charge in [-0.05, 0) is 48.6 Å². The van der Waals surface area contributed by atoms with E-state index in [0.717, 1.165) is 24.1 Å². The molecule has 1 aromatic rings. The number of hydrogen-bond donors (Lipinski definition) is 1. The Morgan fingerprint density at radius 3 is 2.59 bits per heavy atom. The van der Waals surface area contributed by atoms with Crippen molar-refractivity contribution in [3.63, 3.8) is 0 Å². The second-order valence-corrected chi connectivity index (χ2v) is 6.51. The van der Waals surface area contributed by atoms with Crippen LogP contribution in [0.1, 0.15) is 20.3 Å². The van der Waals surface area contributed by atoms with Gasteiger partial charge in [-0.1, -0.05) is 29.8 Å². The maximum atomic E-state index is 5.91. The number of nitrogens with two attached hydrogens (primary N) is 1. The summed E-state index contributed by atoms with van der Waals surface area (Å²) in [5, 5.41) is 0. The lowest BCUT2D eigenvalue weighted by atomic mass is 9.73. The third kappa shape index (κ3) is 2.83. The maximum absolute atomic E-state index is 5.91. The minimum Gasteiger partial charge on any atom is -0.371 e. The van der Waals surface area contributed by atoms with Gasteiger partial charge in [0.25, 0.3) is 0 Å². The van der Waals surface area contributed by atoms with E-state index in [0.29, 0.717) is 11.3 Å². The Kier molecular flexibility index (Phi) is 3.79. The molecule has 0 amide bonds. The third-order valence-corrected chi connectivity index (χ3v) is 4.58. The minimum absolute atomic E-state index is 0.376. The molecule has 0 radical (unpaired) electrons. The molecule has 1 unspecified atom stereocenters. The predicted molar refractivity (Wildman–Crippen MR) is 77.3 cm³/mol. The van der Waals surface area contributed by atoms with Crippen LogP contribution in [-0.4, -0.2) is 19.6 Å². The van der Waals surface area contributed by atoms with Gasteiger partial charge < -0.3 is 10.6 Å². The molecule has 1 aromatic carbocycles. The Morgan fingerprint density at radius 1 is 1.35 bits per heavy atom. The van der Waals surface area contributed by atoms with Gasteiger partial charge in [-0.25, -0.2) is 0 Å². The lowest BCUT2D eigenvalue weighted by molar-refractivity contribution is 0.177. The summed E-state index contributed by atoms with van der Waals surface area (Å²) in [6.45, 7) is 7.66. The highest BCUT2D eigenvalue weighted by Gasteiger charge is 2.34. The van der Waals surface area contributed by atoms with Crippen LogP contribution in [0.2, 0.25) is 0 Å². The molecule has 0 saturated carbocycles. The number of anilines is 1.